The number of carbonyl (C=O) groups is 2. The van der Waals surface area contributed by atoms with Gasteiger partial charge in [0.05, 0.1) is 49.4 Å². The van der Waals surface area contributed by atoms with Crippen molar-refractivity contribution >= 4 is 35.1 Å². The second-order valence-corrected chi connectivity index (χ2v) is 10.2. The number of nitrogens with one attached hydrogen (secondary N) is 1. The molecule has 0 spiro atoms. The third-order valence-electron chi connectivity index (χ3n) is 6.25. The quantitative estimate of drug-likeness (QED) is 0.414. The van der Waals surface area contributed by atoms with Crippen LogP contribution in [-0.4, -0.2) is 57.9 Å². The van der Waals surface area contributed by atoms with Crippen molar-refractivity contribution in [1.82, 2.24) is 15.1 Å². The Morgan fingerprint density at radius 2 is 2.08 bits per heavy atom. The maximum Gasteiger partial charge on any atom is 0.414 e. The number of ether oxygens (including phenoxy) is 1. The molecule has 9 nitrogen and oxygen atoms in total. The first kappa shape index (κ1) is 25.1. The van der Waals surface area contributed by atoms with Crippen LogP contribution in [0.1, 0.15) is 18.2 Å². The fourth-order valence-corrected chi connectivity index (χ4v) is 5.31. The number of thioether (sulfide) groups is 1. The van der Waals surface area contributed by atoms with E-state index in [2.05, 4.69) is 10.4 Å². The molecule has 0 radical (unpaired) electrons. The zero-order chi connectivity index (χ0) is 25.9. The number of benzene rings is 2. The number of halogens is 1. The number of hydrogen-bond acceptors (Lipinski definition) is 7. The number of rotatable bonds is 9. The lowest BCUT2D eigenvalue weighted by Gasteiger charge is -2.21. The van der Waals surface area contributed by atoms with Crippen molar-refractivity contribution in [3.8, 4) is 0 Å². The molecule has 2 aromatic carbocycles. The smallest absolute Gasteiger partial charge is 0.414 e. The van der Waals surface area contributed by atoms with Crippen LogP contribution in [0.25, 0.3) is 0 Å². The van der Waals surface area contributed by atoms with Gasteiger partial charge in [-0.25, -0.2) is 9.18 Å². The normalized spacial score (nSPS) is 17.6. The fraction of sp³-hybridized carbons (Fsp3) is 0.346. The van der Waals surface area contributed by atoms with Crippen molar-refractivity contribution in [2.75, 3.05) is 28.6 Å². The first-order valence-corrected chi connectivity index (χ1v) is 13.0. The summed E-state index contributed by atoms with van der Waals surface area (Å²) in [4.78, 5) is 27.7. The molecule has 0 bridgehead atoms. The molecule has 0 saturated carbocycles. The molecule has 194 valence electrons. The van der Waals surface area contributed by atoms with Gasteiger partial charge in [-0.2, -0.15) is 5.10 Å². The molecule has 2 amide bonds. The Bertz CT molecular complexity index is 1260. The van der Waals surface area contributed by atoms with Gasteiger partial charge in [-0.15, -0.1) is 11.8 Å². The minimum atomic E-state index is -0.567. The summed E-state index contributed by atoms with van der Waals surface area (Å²) >= 11 is 1.60. The van der Waals surface area contributed by atoms with Crippen molar-refractivity contribution in [3.63, 3.8) is 0 Å². The lowest BCUT2D eigenvalue weighted by atomic mass is 10.2. The van der Waals surface area contributed by atoms with E-state index in [4.69, 9.17) is 4.74 Å². The molecule has 3 aromatic rings. The van der Waals surface area contributed by atoms with E-state index in [0.717, 1.165) is 16.2 Å². The molecule has 1 aromatic heterocycles. The molecule has 11 heteroatoms. The van der Waals surface area contributed by atoms with Gasteiger partial charge in [0.15, 0.2) is 0 Å². The Kier molecular flexibility index (Phi) is 7.33. The van der Waals surface area contributed by atoms with Crippen LogP contribution in [0.3, 0.4) is 0 Å². The lowest BCUT2D eigenvalue weighted by molar-refractivity contribution is -0.119. The van der Waals surface area contributed by atoms with Crippen LogP contribution in [0.2, 0.25) is 0 Å². The van der Waals surface area contributed by atoms with Crippen LogP contribution in [0.5, 0.6) is 0 Å². The van der Waals surface area contributed by atoms with Crippen LogP contribution < -0.4 is 15.1 Å². The Labute approximate surface area is 218 Å². The largest absolute Gasteiger partial charge is 0.442 e. The number of hydrogen-bond donors (Lipinski definition) is 2. The monoisotopic (exact) mass is 525 g/mol. The van der Waals surface area contributed by atoms with Gasteiger partial charge in [0.1, 0.15) is 11.9 Å². The Hall–Kier alpha value is -3.57. The summed E-state index contributed by atoms with van der Waals surface area (Å²) in [7, 11) is 0. The molecule has 2 aliphatic rings. The van der Waals surface area contributed by atoms with Crippen LogP contribution in [0.15, 0.2) is 59.6 Å². The highest BCUT2D eigenvalue weighted by Gasteiger charge is 2.33. The molecule has 2 atom stereocenters. The average molecular weight is 526 g/mol. The summed E-state index contributed by atoms with van der Waals surface area (Å²) in [6, 6.07) is 14.6. The summed E-state index contributed by atoms with van der Waals surface area (Å²) in [5.74, 6) is -0.0834. The van der Waals surface area contributed by atoms with E-state index in [1.54, 1.807) is 28.6 Å². The number of aliphatic hydroxyl groups excluding tert-OH is 1. The van der Waals surface area contributed by atoms with Crippen molar-refractivity contribution in [3.05, 3.63) is 71.8 Å². The maximum atomic E-state index is 15.1. The van der Waals surface area contributed by atoms with E-state index < -0.39 is 24.1 Å². The SMILES string of the molecule is CC(=O)NC[C@H]1CN(c2ccc(N3Cc4cn(CC(O)CSc5ccccc5)nc4C3)c(F)c2)C(=O)O1. The Morgan fingerprint density at radius 3 is 2.81 bits per heavy atom. The van der Waals surface area contributed by atoms with Crippen LogP contribution in [0.4, 0.5) is 20.6 Å². The van der Waals surface area contributed by atoms with Crippen molar-refractivity contribution in [1.29, 1.82) is 0 Å². The number of cyclic esters (lactones) is 1. The van der Waals surface area contributed by atoms with E-state index in [0.29, 0.717) is 36.8 Å². The number of carbonyl (C=O) groups excluding carboxylic acids is 2. The van der Waals surface area contributed by atoms with Gasteiger partial charge in [-0.05, 0) is 30.3 Å². The van der Waals surface area contributed by atoms with E-state index in [1.807, 2.05) is 41.4 Å². The van der Waals surface area contributed by atoms with E-state index in [9.17, 15) is 14.7 Å². The minimum Gasteiger partial charge on any atom is -0.442 e. The Morgan fingerprint density at radius 1 is 1.27 bits per heavy atom. The van der Waals surface area contributed by atoms with E-state index >= 15 is 4.39 Å². The zero-order valence-electron chi connectivity index (χ0n) is 20.3. The number of nitrogens with zero attached hydrogens (tertiary/aromatic N) is 4. The fourth-order valence-electron chi connectivity index (χ4n) is 4.47. The number of amides is 2. The molecule has 1 fully saturated rings. The summed E-state index contributed by atoms with van der Waals surface area (Å²) in [6.07, 6.45) is 0.317. The highest BCUT2D eigenvalue weighted by molar-refractivity contribution is 7.99. The van der Waals surface area contributed by atoms with Gasteiger partial charge in [-0.1, -0.05) is 18.2 Å². The van der Waals surface area contributed by atoms with Gasteiger partial charge in [-0.3, -0.25) is 14.4 Å². The molecule has 5 rings (SSSR count). The van der Waals surface area contributed by atoms with Gasteiger partial charge in [0.2, 0.25) is 5.91 Å². The third-order valence-corrected chi connectivity index (χ3v) is 7.40. The summed E-state index contributed by atoms with van der Waals surface area (Å²) in [5.41, 5.74) is 2.68. The van der Waals surface area contributed by atoms with E-state index in [1.165, 1.54) is 17.9 Å². The van der Waals surface area contributed by atoms with Crippen LogP contribution in [-0.2, 0) is 29.2 Å². The van der Waals surface area contributed by atoms with Gasteiger partial charge in [0.25, 0.3) is 0 Å². The predicted molar refractivity (Wildman–Crippen MR) is 138 cm³/mol. The average Bonchev–Trinajstić information content (AvgIpc) is 3.55. The number of aromatic nitrogens is 2. The molecule has 1 saturated heterocycles. The van der Waals surface area contributed by atoms with Gasteiger partial charge >= 0.3 is 6.09 Å². The second-order valence-electron chi connectivity index (χ2n) is 9.15. The van der Waals surface area contributed by atoms with E-state index in [-0.39, 0.29) is 19.0 Å². The summed E-state index contributed by atoms with van der Waals surface area (Å²) in [5, 5.41) is 17.7. The first-order chi connectivity index (χ1) is 17.9. The topological polar surface area (TPSA) is 99.9 Å². The summed E-state index contributed by atoms with van der Waals surface area (Å²) < 4.78 is 22.1. The van der Waals surface area contributed by atoms with Gasteiger partial charge in [0, 0.05) is 35.9 Å². The third kappa shape index (κ3) is 5.89. The van der Waals surface area contributed by atoms with Crippen molar-refractivity contribution in [2.45, 2.75) is 43.7 Å². The van der Waals surface area contributed by atoms with Crippen molar-refractivity contribution in [2.24, 2.45) is 0 Å². The molecule has 1 unspecified atom stereocenters. The molecular formula is C26H28FN5O4S. The molecule has 37 heavy (non-hydrogen) atoms. The van der Waals surface area contributed by atoms with Crippen LogP contribution in [0, 0.1) is 5.82 Å². The lowest BCUT2D eigenvalue weighted by Crippen LogP contribution is -2.33. The number of anilines is 2. The number of fused-ring (bicyclic) bond motifs is 1. The molecule has 2 N–H and O–H groups in total. The minimum absolute atomic E-state index is 0.207. The van der Waals surface area contributed by atoms with Gasteiger partial charge < -0.3 is 20.1 Å². The highest BCUT2D eigenvalue weighted by Crippen LogP contribution is 2.33. The predicted octanol–water partition coefficient (Wildman–Crippen LogP) is 3.16. The molecular weight excluding hydrogens is 497 g/mol. The standard InChI is InChI=1S/C26H28FN5O4S/c1-17(33)28-10-21-14-32(26(35)36-21)19-7-8-25(23(27)9-19)30-11-18-12-31(29-24(18)15-30)13-20(34)16-37-22-5-3-2-4-6-22/h2-9,12,20-21,34H,10-11,13-16H2,1H3,(H,28,33)/t20?,21-/m0/s1. The van der Waals surface area contributed by atoms with Crippen LogP contribution >= 0.6 is 11.8 Å². The van der Waals surface area contributed by atoms with Crippen molar-refractivity contribution < 1.29 is 23.8 Å². The summed E-state index contributed by atoms with van der Waals surface area (Å²) in [6.45, 7) is 3.19. The first-order valence-electron chi connectivity index (χ1n) is 12.0. The Balaban J connectivity index is 1.16. The second kappa shape index (κ2) is 10.8. The molecule has 2 aliphatic heterocycles. The zero-order valence-corrected chi connectivity index (χ0v) is 21.2. The molecule has 0 aliphatic carbocycles. The molecule has 3 heterocycles. The highest BCUT2D eigenvalue weighted by atomic mass is 32.2. The number of aliphatic hydroxyl groups is 1. The maximum absolute atomic E-state index is 15.1.